The molecule has 84 valence electrons. The Bertz CT molecular complexity index is 192. The maximum atomic E-state index is 11.1. The molecule has 0 bridgehead atoms. The van der Waals surface area contributed by atoms with Gasteiger partial charge in [-0.2, -0.15) is 0 Å². The van der Waals surface area contributed by atoms with Gasteiger partial charge in [-0.25, -0.2) is 0 Å². The molecule has 0 radical (unpaired) electrons. The van der Waals surface area contributed by atoms with Gasteiger partial charge in [-0.05, 0) is 26.8 Å². The zero-order valence-electron chi connectivity index (χ0n) is 9.71. The van der Waals surface area contributed by atoms with E-state index in [9.17, 15) is 4.79 Å². The molecule has 4 nitrogen and oxygen atoms in total. The molecule has 1 amide bonds. The van der Waals surface area contributed by atoms with Crippen LogP contribution in [0.15, 0.2) is 0 Å². The van der Waals surface area contributed by atoms with E-state index in [1.54, 1.807) is 6.92 Å². The van der Waals surface area contributed by atoms with Crippen molar-refractivity contribution in [1.29, 1.82) is 0 Å². The van der Waals surface area contributed by atoms with Gasteiger partial charge in [0.25, 0.3) is 0 Å². The number of carbonyl (C=O) groups is 1. The van der Waals surface area contributed by atoms with E-state index < -0.39 is 11.4 Å². The van der Waals surface area contributed by atoms with Gasteiger partial charge < -0.3 is 11.5 Å². The van der Waals surface area contributed by atoms with Crippen LogP contribution in [0.3, 0.4) is 0 Å². The van der Waals surface area contributed by atoms with Crippen LogP contribution >= 0.6 is 0 Å². The number of nitrogens with two attached hydrogens (primary N) is 2. The van der Waals surface area contributed by atoms with E-state index >= 15 is 0 Å². The Morgan fingerprint density at radius 2 is 2.00 bits per heavy atom. The summed E-state index contributed by atoms with van der Waals surface area (Å²) in [7, 11) is 0. The van der Waals surface area contributed by atoms with E-state index in [1.807, 2.05) is 0 Å². The lowest BCUT2D eigenvalue weighted by Crippen LogP contribution is -2.58. The van der Waals surface area contributed by atoms with Crippen molar-refractivity contribution in [1.82, 2.24) is 4.90 Å². The number of amides is 1. The predicted octanol–water partition coefficient (Wildman–Crippen LogP) is 0.310. The summed E-state index contributed by atoms with van der Waals surface area (Å²) in [6, 6.07) is 0.433. The molecule has 4 N–H and O–H groups in total. The normalized spacial score (nSPS) is 17.9. The van der Waals surface area contributed by atoms with Crippen molar-refractivity contribution < 1.29 is 4.79 Å². The lowest BCUT2D eigenvalue weighted by atomic mass is 10.0. The molecule has 0 saturated heterocycles. The van der Waals surface area contributed by atoms with Gasteiger partial charge in [0, 0.05) is 12.6 Å². The smallest absolute Gasteiger partial charge is 0.238 e. The van der Waals surface area contributed by atoms with Gasteiger partial charge in [-0.3, -0.25) is 9.69 Å². The maximum Gasteiger partial charge on any atom is 0.238 e. The first kappa shape index (κ1) is 13.4. The van der Waals surface area contributed by atoms with Gasteiger partial charge >= 0.3 is 0 Å². The van der Waals surface area contributed by atoms with Crippen LogP contribution in [0.25, 0.3) is 0 Å². The molecule has 2 unspecified atom stereocenters. The minimum absolute atomic E-state index is 0.433. The molecule has 0 fully saturated rings. The summed E-state index contributed by atoms with van der Waals surface area (Å²) in [6.07, 6.45) is 1.04. The van der Waals surface area contributed by atoms with Crippen molar-refractivity contribution in [2.24, 2.45) is 11.5 Å². The maximum absolute atomic E-state index is 11.1. The van der Waals surface area contributed by atoms with E-state index in [4.69, 9.17) is 11.5 Å². The predicted molar refractivity (Wildman–Crippen MR) is 58.8 cm³/mol. The second-order valence-corrected chi connectivity index (χ2v) is 4.10. The largest absolute Gasteiger partial charge is 0.368 e. The minimum Gasteiger partial charge on any atom is -0.368 e. The first-order valence-corrected chi connectivity index (χ1v) is 5.18. The third kappa shape index (κ3) is 3.64. The molecule has 0 spiro atoms. The van der Waals surface area contributed by atoms with Crippen LogP contribution in [-0.4, -0.2) is 35.5 Å². The first-order valence-electron chi connectivity index (χ1n) is 5.18. The van der Waals surface area contributed by atoms with E-state index in [0.29, 0.717) is 12.6 Å². The minimum atomic E-state index is -0.931. The Balaban J connectivity index is 4.38. The SMILES string of the molecule is CCC(C)N(CC)CC(C)(N)C(N)=O. The average Bonchev–Trinajstić information content (AvgIpc) is 2.12. The molecule has 0 aromatic rings. The summed E-state index contributed by atoms with van der Waals surface area (Å²) in [5, 5.41) is 0. The molecule has 0 aliphatic carbocycles. The fourth-order valence-corrected chi connectivity index (χ4v) is 1.34. The van der Waals surface area contributed by atoms with Crippen LogP contribution < -0.4 is 11.5 Å². The van der Waals surface area contributed by atoms with Crippen LogP contribution in [0.1, 0.15) is 34.1 Å². The van der Waals surface area contributed by atoms with Crippen molar-refractivity contribution in [2.75, 3.05) is 13.1 Å². The van der Waals surface area contributed by atoms with E-state index in [0.717, 1.165) is 13.0 Å². The molecule has 2 atom stereocenters. The summed E-state index contributed by atoms with van der Waals surface area (Å²) < 4.78 is 0. The van der Waals surface area contributed by atoms with Gasteiger partial charge in [-0.1, -0.05) is 13.8 Å². The van der Waals surface area contributed by atoms with Crippen molar-refractivity contribution in [3.8, 4) is 0 Å². The van der Waals surface area contributed by atoms with E-state index in [-0.39, 0.29) is 0 Å². The number of primary amides is 1. The highest BCUT2D eigenvalue weighted by Crippen LogP contribution is 2.08. The van der Waals surface area contributed by atoms with Crippen LogP contribution in [-0.2, 0) is 4.79 Å². The fourth-order valence-electron chi connectivity index (χ4n) is 1.34. The number of nitrogens with zero attached hydrogens (tertiary/aromatic N) is 1. The molecular weight excluding hydrogens is 178 g/mol. The van der Waals surface area contributed by atoms with Gasteiger partial charge in [0.1, 0.15) is 5.54 Å². The van der Waals surface area contributed by atoms with Gasteiger partial charge in [0.05, 0.1) is 0 Å². The first-order chi connectivity index (χ1) is 6.35. The quantitative estimate of drug-likeness (QED) is 0.649. The lowest BCUT2D eigenvalue weighted by molar-refractivity contribution is -0.123. The Morgan fingerprint density at radius 3 is 2.29 bits per heavy atom. The van der Waals surface area contributed by atoms with Crippen LogP contribution in [0.5, 0.6) is 0 Å². The fraction of sp³-hybridized carbons (Fsp3) is 0.900. The zero-order chi connectivity index (χ0) is 11.4. The monoisotopic (exact) mass is 201 g/mol. The van der Waals surface area contributed by atoms with Crippen LogP contribution in [0.2, 0.25) is 0 Å². The molecule has 4 heteroatoms. The highest BCUT2D eigenvalue weighted by Gasteiger charge is 2.29. The van der Waals surface area contributed by atoms with Gasteiger partial charge in [-0.15, -0.1) is 0 Å². The van der Waals surface area contributed by atoms with Gasteiger partial charge in [0.2, 0.25) is 5.91 Å². The summed E-state index contributed by atoms with van der Waals surface area (Å²) in [5.41, 5.74) is 10.1. The van der Waals surface area contributed by atoms with E-state index in [2.05, 4.69) is 25.7 Å². The molecule has 0 aromatic heterocycles. The molecule has 0 rings (SSSR count). The Kier molecular flexibility index (Phi) is 5.08. The van der Waals surface area contributed by atoms with E-state index in [1.165, 1.54) is 0 Å². The second-order valence-electron chi connectivity index (χ2n) is 4.10. The number of carbonyl (C=O) groups excluding carboxylic acids is 1. The molecule has 0 saturated carbocycles. The van der Waals surface area contributed by atoms with Crippen LogP contribution in [0.4, 0.5) is 0 Å². The number of rotatable bonds is 6. The van der Waals surface area contributed by atoms with Crippen molar-refractivity contribution >= 4 is 5.91 Å². The highest BCUT2D eigenvalue weighted by molar-refractivity contribution is 5.84. The third-order valence-corrected chi connectivity index (χ3v) is 2.71. The molecule has 0 aliphatic rings. The average molecular weight is 201 g/mol. The molecule has 0 heterocycles. The number of hydrogen-bond acceptors (Lipinski definition) is 3. The highest BCUT2D eigenvalue weighted by atomic mass is 16.1. The van der Waals surface area contributed by atoms with Gasteiger partial charge in [0.15, 0.2) is 0 Å². The topological polar surface area (TPSA) is 72.3 Å². The molecular formula is C10H23N3O. The summed E-state index contributed by atoms with van der Waals surface area (Å²) in [6.45, 7) is 9.39. The Hall–Kier alpha value is -0.610. The van der Waals surface area contributed by atoms with Crippen molar-refractivity contribution in [3.05, 3.63) is 0 Å². The molecule has 0 aromatic carbocycles. The Labute approximate surface area is 86.6 Å². The zero-order valence-corrected chi connectivity index (χ0v) is 9.71. The van der Waals surface area contributed by atoms with Crippen LogP contribution in [0, 0.1) is 0 Å². The summed E-state index contributed by atoms with van der Waals surface area (Å²) in [4.78, 5) is 13.2. The number of hydrogen-bond donors (Lipinski definition) is 2. The molecule has 0 aliphatic heterocycles. The summed E-state index contributed by atoms with van der Waals surface area (Å²) in [5.74, 6) is -0.445. The lowest BCUT2D eigenvalue weighted by Gasteiger charge is -2.33. The third-order valence-electron chi connectivity index (χ3n) is 2.71. The van der Waals surface area contributed by atoms with Crippen molar-refractivity contribution in [3.63, 3.8) is 0 Å². The second kappa shape index (κ2) is 5.32. The number of likely N-dealkylation sites (N-methyl/N-ethyl adjacent to an activating group) is 1. The van der Waals surface area contributed by atoms with Crippen molar-refractivity contribution in [2.45, 2.75) is 45.7 Å². The summed E-state index contributed by atoms with van der Waals surface area (Å²) >= 11 is 0. The standard InChI is InChI=1S/C10H23N3O/c1-5-8(3)13(6-2)7-10(4,12)9(11)14/h8H,5-7,12H2,1-4H3,(H2,11,14). The Morgan fingerprint density at radius 1 is 1.50 bits per heavy atom. The molecule has 14 heavy (non-hydrogen) atoms.